The Morgan fingerprint density at radius 3 is 2.64 bits per heavy atom. The van der Waals surface area contributed by atoms with Crippen molar-refractivity contribution in [2.45, 2.75) is 20.0 Å². The van der Waals surface area contributed by atoms with Crippen molar-refractivity contribution in [3.8, 4) is 17.4 Å². The second-order valence-electron chi connectivity index (χ2n) is 4.65. The molecule has 0 fully saturated rings. The molecule has 1 aromatic carbocycles. The average molecular weight is 366 g/mol. The summed E-state index contributed by atoms with van der Waals surface area (Å²) in [6, 6.07) is 8.90. The molecule has 0 spiro atoms. The van der Waals surface area contributed by atoms with E-state index in [1.54, 1.807) is 37.4 Å². The van der Waals surface area contributed by atoms with Crippen molar-refractivity contribution >= 4 is 21.9 Å². The van der Waals surface area contributed by atoms with Crippen molar-refractivity contribution in [2.24, 2.45) is 0 Å². The minimum Gasteiger partial charge on any atom is -0.479 e. The lowest BCUT2D eigenvalue weighted by Crippen LogP contribution is -2.24. The molecular formula is C16H16BrNO4. The number of ether oxygens (including phenoxy) is 3. The standard InChI is InChI=1S/C16H16BrNO4/c1-10-4-7-15(18-9-10)22-14-6-5-12(8-13(14)17)21-11(2)16(19)20-3/h4-9,11H,1-3H3. The van der Waals surface area contributed by atoms with Gasteiger partial charge in [0.1, 0.15) is 11.5 Å². The molecule has 0 aliphatic rings. The van der Waals surface area contributed by atoms with Crippen LogP contribution in [0.25, 0.3) is 0 Å². The van der Waals surface area contributed by atoms with Gasteiger partial charge in [-0.15, -0.1) is 0 Å². The average Bonchev–Trinajstić information content (AvgIpc) is 2.51. The van der Waals surface area contributed by atoms with E-state index in [0.717, 1.165) is 5.56 Å². The second kappa shape index (κ2) is 7.26. The van der Waals surface area contributed by atoms with Crippen LogP contribution in [-0.4, -0.2) is 24.2 Å². The van der Waals surface area contributed by atoms with Gasteiger partial charge in [-0.3, -0.25) is 0 Å². The Hall–Kier alpha value is -2.08. The maximum atomic E-state index is 11.3. The van der Waals surface area contributed by atoms with Crippen molar-refractivity contribution in [2.75, 3.05) is 7.11 Å². The molecule has 0 amide bonds. The van der Waals surface area contributed by atoms with Gasteiger partial charge in [-0.25, -0.2) is 9.78 Å². The van der Waals surface area contributed by atoms with E-state index in [9.17, 15) is 4.79 Å². The third-order valence-corrected chi connectivity index (χ3v) is 3.47. The molecule has 116 valence electrons. The lowest BCUT2D eigenvalue weighted by molar-refractivity contribution is -0.147. The van der Waals surface area contributed by atoms with Gasteiger partial charge in [0, 0.05) is 12.3 Å². The number of halogens is 1. The highest BCUT2D eigenvalue weighted by Crippen LogP contribution is 2.32. The summed E-state index contributed by atoms with van der Waals surface area (Å²) < 4.78 is 16.5. The number of rotatable bonds is 5. The fourth-order valence-corrected chi connectivity index (χ4v) is 2.12. The SMILES string of the molecule is COC(=O)C(C)Oc1ccc(Oc2ccc(C)cn2)c(Br)c1. The number of aryl methyl sites for hydroxylation is 1. The monoisotopic (exact) mass is 365 g/mol. The van der Waals surface area contributed by atoms with Gasteiger partial charge in [0.25, 0.3) is 0 Å². The molecular weight excluding hydrogens is 350 g/mol. The zero-order valence-electron chi connectivity index (χ0n) is 12.5. The predicted octanol–water partition coefficient (Wildman–Crippen LogP) is 3.89. The van der Waals surface area contributed by atoms with E-state index in [4.69, 9.17) is 9.47 Å². The van der Waals surface area contributed by atoms with Crippen LogP contribution in [0.5, 0.6) is 17.4 Å². The number of pyridine rings is 1. The number of hydrogen-bond donors (Lipinski definition) is 0. The van der Waals surface area contributed by atoms with Crippen molar-refractivity contribution in [1.82, 2.24) is 4.98 Å². The highest BCUT2D eigenvalue weighted by molar-refractivity contribution is 9.10. The van der Waals surface area contributed by atoms with Gasteiger partial charge in [-0.05, 0) is 53.5 Å². The normalized spacial score (nSPS) is 11.6. The van der Waals surface area contributed by atoms with E-state index >= 15 is 0 Å². The Kier molecular flexibility index (Phi) is 5.38. The summed E-state index contributed by atoms with van der Waals surface area (Å²) in [6.45, 7) is 3.58. The van der Waals surface area contributed by atoms with Crippen molar-refractivity contribution in [3.05, 3.63) is 46.6 Å². The third kappa shape index (κ3) is 4.21. The summed E-state index contributed by atoms with van der Waals surface area (Å²) in [5.41, 5.74) is 1.06. The number of aromatic nitrogens is 1. The minimum absolute atomic E-state index is 0.430. The van der Waals surface area contributed by atoms with Crippen LogP contribution in [0.4, 0.5) is 0 Å². The largest absolute Gasteiger partial charge is 0.479 e. The molecule has 1 heterocycles. The second-order valence-corrected chi connectivity index (χ2v) is 5.51. The first kappa shape index (κ1) is 16.3. The quantitative estimate of drug-likeness (QED) is 0.752. The van der Waals surface area contributed by atoms with E-state index in [2.05, 4.69) is 25.7 Å². The van der Waals surface area contributed by atoms with E-state index in [-0.39, 0.29) is 0 Å². The Labute approximate surface area is 137 Å². The molecule has 0 aliphatic carbocycles. The van der Waals surface area contributed by atoms with Crippen LogP contribution >= 0.6 is 15.9 Å². The highest BCUT2D eigenvalue weighted by Gasteiger charge is 2.15. The molecule has 6 heteroatoms. The van der Waals surface area contributed by atoms with Gasteiger partial charge in [-0.2, -0.15) is 0 Å². The van der Waals surface area contributed by atoms with Gasteiger partial charge in [-0.1, -0.05) is 6.07 Å². The Bertz CT molecular complexity index is 658. The fraction of sp³-hybridized carbons (Fsp3) is 0.250. The van der Waals surface area contributed by atoms with Crippen molar-refractivity contribution in [1.29, 1.82) is 0 Å². The van der Waals surface area contributed by atoms with Crippen LogP contribution in [0, 0.1) is 6.92 Å². The van der Waals surface area contributed by atoms with Crippen LogP contribution in [0.15, 0.2) is 41.0 Å². The fourth-order valence-electron chi connectivity index (χ4n) is 1.68. The van der Waals surface area contributed by atoms with Gasteiger partial charge < -0.3 is 14.2 Å². The van der Waals surface area contributed by atoms with Crippen LogP contribution < -0.4 is 9.47 Å². The maximum Gasteiger partial charge on any atom is 0.346 e. The van der Waals surface area contributed by atoms with E-state index in [0.29, 0.717) is 21.9 Å². The molecule has 0 aliphatic heterocycles. The number of benzene rings is 1. The van der Waals surface area contributed by atoms with Crippen LogP contribution in [0.2, 0.25) is 0 Å². The van der Waals surface area contributed by atoms with Gasteiger partial charge in [0.2, 0.25) is 5.88 Å². The zero-order chi connectivity index (χ0) is 16.1. The summed E-state index contributed by atoms with van der Waals surface area (Å²) in [5, 5.41) is 0. The number of carbonyl (C=O) groups is 1. The highest BCUT2D eigenvalue weighted by atomic mass is 79.9. The number of nitrogens with zero attached hydrogens (tertiary/aromatic N) is 1. The maximum absolute atomic E-state index is 11.3. The third-order valence-electron chi connectivity index (χ3n) is 2.85. The van der Waals surface area contributed by atoms with Gasteiger partial charge >= 0.3 is 5.97 Å². The van der Waals surface area contributed by atoms with Gasteiger partial charge in [0.15, 0.2) is 6.10 Å². The van der Waals surface area contributed by atoms with Crippen molar-refractivity contribution in [3.63, 3.8) is 0 Å². The summed E-state index contributed by atoms with van der Waals surface area (Å²) >= 11 is 3.41. The lowest BCUT2D eigenvalue weighted by Gasteiger charge is -2.14. The molecule has 0 bridgehead atoms. The molecule has 0 saturated carbocycles. The Balaban J connectivity index is 2.09. The number of esters is 1. The molecule has 0 radical (unpaired) electrons. The zero-order valence-corrected chi connectivity index (χ0v) is 14.1. The Morgan fingerprint density at radius 2 is 2.05 bits per heavy atom. The first-order valence-electron chi connectivity index (χ1n) is 6.64. The van der Waals surface area contributed by atoms with E-state index in [1.165, 1.54) is 7.11 Å². The topological polar surface area (TPSA) is 57.7 Å². The predicted molar refractivity (Wildman–Crippen MR) is 85.3 cm³/mol. The molecule has 22 heavy (non-hydrogen) atoms. The van der Waals surface area contributed by atoms with Crippen molar-refractivity contribution < 1.29 is 19.0 Å². The van der Waals surface area contributed by atoms with Crippen LogP contribution in [-0.2, 0) is 9.53 Å². The van der Waals surface area contributed by atoms with Crippen LogP contribution in [0.1, 0.15) is 12.5 Å². The lowest BCUT2D eigenvalue weighted by atomic mass is 10.3. The van der Waals surface area contributed by atoms with Gasteiger partial charge in [0.05, 0.1) is 11.6 Å². The molecule has 0 saturated heterocycles. The number of hydrogen-bond acceptors (Lipinski definition) is 5. The van der Waals surface area contributed by atoms with Crippen LogP contribution in [0.3, 0.4) is 0 Å². The molecule has 2 rings (SSSR count). The summed E-state index contributed by atoms with van der Waals surface area (Å²) in [4.78, 5) is 15.5. The van der Waals surface area contributed by atoms with E-state index < -0.39 is 12.1 Å². The summed E-state index contributed by atoms with van der Waals surface area (Å²) in [7, 11) is 1.32. The first-order valence-corrected chi connectivity index (χ1v) is 7.43. The molecule has 1 unspecified atom stereocenters. The summed E-state index contributed by atoms with van der Waals surface area (Å²) in [6.07, 6.45) is 1.06. The molecule has 5 nitrogen and oxygen atoms in total. The molecule has 2 aromatic rings. The number of carbonyl (C=O) groups excluding carboxylic acids is 1. The Morgan fingerprint density at radius 1 is 1.27 bits per heavy atom. The molecule has 1 atom stereocenters. The minimum atomic E-state index is -0.678. The first-order chi connectivity index (χ1) is 10.5. The summed E-state index contributed by atoms with van der Waals surface area (Å²) in [5.74, 6) is 1.21. The van der Waals surface area contributed by atoms with E-state index in [1.807, 2.05) is 13.0 Å². The smallest absolute Gasteiger partial charge is 0.346 e. The molecule has 1 aromatic heterocycles. The molecule has 0 N–H and O–H groups in total. The number of methoxy groups -OCH3 is 1.